The molecule has 1 fully saturated rings. The van der Waals surface area contributed by atoms with E-state index in [1.165, 1.54) is 4.90 Å². The molecule has 1 aliphatic rings. The zero-order valence-corrected chi connectivity index (χ0v) is 15.8. The molecular formula is C19H19F4N3O3. The maximum atomic E-state index is 13.4. The van der Waals surface area contributed by atoms with Crippen molar-refractivity contribution in [1.29, 1.82) is 0 Å². The number of rotatable bonds is 2. The summed E-state index contributed by atoms with van der Waals surface area (Å²) in [6.07, 6.45) is -4.86. The van der Waals surface area contributed by atoms with Crippen LogP contribution in [-0.4, -0.2) is 47.9 Å². The second kappa shape index (κ2) is 7.76. The maximum Gasteiger partial charge on any atom is 0.419 e. The Bertz CT molecular complexity index is 931. The molecule has 3 rings (SSSR count). The highest BCUT2D eigenvalue weighted by atomic mass is 19.4. The molecule has 10 heteroatoms. The molecule has 2 aromatic rings. The fourth-order valence-electron chi connectivity index (χ4n) is 3.15. The van der Waals surface area contributed by atoms with Crippen molar-refractivity contribution in [2.45, 2.75) is 20.0 Å². The molecule has 1 aromatic carbocycles. The smallest absolute Gasteiger partial charge is 0.419 e. The minimum Gasteiger partial charge on any atom is -0.466 e. The number of hydrogen-bond donors (Lipinski definition) is 1. The Morgan fingerprint density at radius 3 is 2.21 bits per heavy atom. The minimum absolute atomic E-state index is 0.160. The van der Waals surface area contributed by atoms with E-state index in [1.807, 2.05) is 0 Å². The van der Waals surface area contributed by atoms with Crippen LogP contribution in [0.5, 0.6) is 0 Å². The zero-order chi connectivity index (χ0) is 21.3. The predicted molar refractivity (Wildman–Crippen MR) is 96.1 cm³/mol. The monoisotopic (exact) mass is 413 g/mol. The topological polar surface area (TPSA) is 65.8 Å². The van der Waals surface area contributed by atoms with Gasteiger partial charge < -0.3 is 19.5 Å². The number of urea groups is 1. The molecule has 0 aliphatic carbocycles. The lowest BCUT2D eigenvalue weighted by Gasteiger charge is -2.34. The highest BCUT2D eigenvalue weighted by Gasteiger charge is 2.34. The zero-order valence-electron chi connectivity index (χ0n) is 15.8. The number of benzene rings is 1. The lowest BCUT2D eigenvalue weighted by Crippen LogP contribution is -2.51. The molecule has 29 heavy (non-hydrogen) atoms. The average Bonchev–Trinajstić information content (AvgIpc) is 3.00. The Hall–Kier alpha value is -3.04. The van der Waals surface area contributed by atoms with Crippen molar-refractivity contribution in [3.63, 3.8) is 0 Å². The number of alkyl halides is 3. The molecule has 1 saturated heterocycles. The molecule has 1 N–H and O–H groups in total. The molecule has 3 amide bonds. The van der Waals surface area contributed by atoms with E-state index in [2.05, 4.69) is 5.32 Å². The van der Waals surface area contributed by atoms with Crippen molar-refractivity contribution in [2.24, 2.45) is 0 Å². The molecule has 6 nitrogen and oxygen atoms in total. The van der Waals surface area contributed by atoms with Crippen LogP contribution in [0, 0.1) is 19.7 Å². The van der Waals surface area contributed by atoms with Crippen molar-refractivity contribution in [2.75, 3.05) is 31.5 Å². The van der Waals surface area contributed by atoms with Crippen LogP contribution in [0.25, 0.3) is 0 Å². The van der Waals surface area contributed by atoms with Gasteiger partial charge in [0.15, 0.2) is 0 Å². The van der Waals surface area contributed by atoms with Crippen LogP contribution in [0.3, 0.4) is 0 Å². The minimum atomic E-state index is -4.86. The Labute approximate surface area is 164 Å². The number of hydrogen-bond acceptors (Lipinski definition) is 3. The van der Waals surface area contributed by atoms with E-state index in [9.17, 15) is 27.2 Å². The van der Waals surface area contributed by atoms with Gasteiger partial charge in [-0.15, -0.1) is 0 Å². The number of furan rings is 1. The van der Waals surface area contributed by atoms with Crippen LogP contribution in [0.15, 0.2) is 28.7 Å². The van der Waals surface area contributed by atoms with E-state index in [1.54, 1.807) is 24.8 Å². The highest BCUT2D eigenvalue weighted by molar-refractivity contribution is 5.95. The molecule has 0 saturated carbocycles. The van der Waals surface area contributed by atoms with Gasteiger partial charge in [-0.2, -0.15) is 13.2 Å². The van der Waals surface area contributed by atoms with E-state index in [0.29, 0.717) is 29.2 Å². The first-order valence-corrected chi connectivity index (χ1v) is 8.85. The standard InChI is InChI=1S/C19H19F4N3O3/c1-11-9-14(12(2)29-11)17(27)25-5-7-26(8-6-25)18(28)24-13-3-4-16(20)15(10-13)19(21,22)23/h3-4,9-10H,5-8H2,1-2H3,(H,24,28). The van der Waals surface area contributed by atoms with Gasteiger partial charge in [0.25, 0.3) is 5.91 Å². The molecule has 0 atom stereocenters. The van der Waals surface area contributed by atoms with Gasteiger partial charge in [-0.1, -0.05) is 0 Å². The molecule has 0 unspecified atom stereocenters. The fourth-order valence-corrected chi connectivity index (χ4v) is 3.15. The first kappa shape index (κ1) is 20.7. The quantitative estimate of drug-likeness (QED) is 0.756. The van der Waals surface area contributed by atoms with Crippen molar-refractivity contribution in [1.82, 2.24) is 9.80 Å². The van der Waals surface area contributed by atoms with Gasteiger partial charge in [-0.05, 0) is 38.1 Å². The number of halogens is 4. The molecule has 1 aliphatic heterocycles. The molecule has 156 valence electrons. The summed E-state index contributed by atoms with van der Waals surface area (Å²) in [7, 11) is 0. The van der Waals surface area contributed by atoms with E-state index in [-0.39, 0.29) is 37.8 Å². The second-order valence-corrected chi connectivity index (χ2v) is 6.73. The number of carbonyl (C=O) groups excluding carboxylic acids is 2. The van der Waals surface area contributed by atoms with Gasteiger partial charge in [0, 0.05) is 31.9 Å². The third-order valence-corrected chi connectivity index (χ3v) is 4.65. The van der Waals surface area contributed by atoms with Crippen LogP contribution in [-0.2, 0) is 6.18 Å². The van der Waals surface area contributed by atoms with Crippen molar-refractivity contribution in [3.8, 4) is 0 Å². The summed E-state index contributed by atoms with van der Waals surface area (Å²) >= 11 is 0. The predicted octanol–water partition coefficient (Wildman–Crippen LogP) is 4.04. The van der Waals surface area contributed by atoms with Crippen LogP contribution >= 0.6 is 0 Å². The highest BCUT2D eigenvalue weighted by Crippen LogP contribution is 2.33. The normalized spacial score (nSPS) is 14.8. The number of nitrogens with zero attached hydrogens (tertiary/aromatic N) is 2. The van der Waals surface area contributed by atoms with E-state index < -0.39 is 23.6 Å². The third-order valence-electron chi connectivity index (χ3n) is 4.65. The Morgan fingerprint density at radius 1 is 1.03 bits per heavy atom. The van der Waals surface area contributed by atoms with Gasteiger partial charge in [0.1, 0.15) is 17.3 Å². The van der Waals surface area contributed by atoms with Crippen LogP contribution in [0.2, 0.25) is 0 Å². The summed E-state index contributed by atoms with van der Waals surface area (Å²) in [4.78, 5) is 27.9. The van der Waals surface area contributed by atoms with Crippen LogP contribution in [0.4, 0.5) is 28.0 Å². The first-order valence-electron chi connectivity index (χ1n) is 8.85. The number of anilines is 1. The molecule has 2 heterocycles. The molecule has 1 aromatic heterocycles. The molecule has 0 spiro atoms. The lowest BCUT2D eigenvalue weighted by atomic mass is 10.2. The van der Waals surface area contributed by atoms with E-state index >= 15 is 0 Å². The summed E-state index contributed by atoms with van der Waals surface area (Å²) in [5.74, 6) is -0.467. The summed E-state index contributed by atoms with van der Waals surface area (Å²) < 4.78 is 57.1. The van der Waals surface area contributed by atoms with E-state index in [4.69, 9.17) is 4.42 Å². The molecule has 0 radical (unpaired) electrons. The van der Waals surface area contributed by atoms with Crippen molar-refractivity contribution >= 4 is 17.6 Å². The Balaban J connectivity index is 1.61. The second-order valence-electron chi connectivity index (χ2n) is 6.73. The number of aryl methyl sites for hydroxylation is 2. The third kappa shape index (κ3) is 4.52. The van der Waals surface area contributed by atoms with Crippen LogP contribution < -0.4 is 5.32 Å². The molecular weight excluding hydrogens is 394 g/mol. The van der Waals surface area contributed by atoms with Crippen molar-refractivity contribution in [3.05, 3.63) is 52.7 Å². The Morgan fingerprint density at radius 2 is 1.66 bits per heavy atom. The van der Waals surface area contributed by atoms with Gasteiger partial charge >= 0.3 is 12.2 Å². The average molecular weight is 413 g/mol. The van der Waals surface area contributed by atoms with Gasteiger partial charge in [-0.25, -0.2) is 9.18 Å². The fraction of sp³-hybridized carbons (Fsp3) is 0.368. The van der Waals surface area contributed by atoms with Gasteiger partial charge in [0.05, 0.1) is 11.1 Å². The Kier molecular flexibility index (Phi) is 5.54. The van der Waals surface area contributed by atoms with E-state index in [0.717, 1.165) is 6.07 Å². The van der Waals surface area contributed by atoms with Crippen molar-refractivity contribution < 1.29 is 31.6 Å². The van der Waals surface area contributed by atoms with Gasteiger partial charge in [0.2, 0.25) is 0 Å². The SMILES string of the molecule is Cc1cc(C(=O)N2CCN(C(=O)Nc3ccc(F)c(C(F)(F)F)c3)CC2)c(C)o1. The van der Waals surface area contributed by atoms with Crippen LogP contribution in [0.1, 0.15) is 27.4 Å². The number of nitrogens with one attached hydrogen (secondary N) is 1. The first-order chi connectivity index (χ1) is 13.6. The maximum absolute atomic E-state index is 13.4. The summed E-state index contributed by atoms with van der Waals surface area (Å²) in [6.45, 7) is 4.40. The number of carbonyl (C=O) groups is 2. The summed E-state index contributed by atoms with van der Waals surface area (Å²) in [6, 6.07) is 3.31. The number of amides is 3. The molecule has 0 bridgehead atoms. The number of piperazine rings is 1. The summed E-state index contributed by atoms with van der Waals surface area (Å²) in [5.41, 5.74) is -1.14. The largest absolute Gasteiger partial charge is 0.466 e. The van der Waals surface area contributed by atoms with Gasteiger partial charge in [-0.3, -0.25) is 4.79 Å². The summed E-state index contributed by atoms with van der Waals surface area (Å²) in [5, 5.41) is 2.34. The lowest BCUT2D eigenvalue weighted by molar-refractivity contribution is -0.139.